The summed E-state index contributed by atoms with van der Waals surface area (Å²) < 4.78 is 0. The molecule has 0 aliphatic heterocycles. The topological polar surface area (TPSA) is 52.0 Å². The molecule has 0 saturated carbocycles. The van der Waals surface area contributed by atoms with E-state index in [2.05, 4.69) is 20.8 Å². The van der Waals surface area contributed by atoms with Crippen LogP contribution in [-0.4, -0.2) is 6.17 Å². The molecule has 0 saturated heterocycles. The van der Waals surface area contributed by atoms with Gasteiger partial charge in [-0.2, -0.15) is 0 Å². The first kappa shape index (κ1) is 11.9. The molecular formula is C10H24N2. The maximum Gasteiger partial charge on any atom is 0.0523 e. The van der Waals surface area contributed by atoms with Crippen molar-refractivity contribution in [1.29, 1.82) is 0 Å². The minimum Gasteiger partial charge on any atom is -0.316 e. The van der Waals surface area contributed by atoms with Gasteiger partial charge in [-0.25, -0.2) is 0 Å². The Morgan fingerprint density at radius 2 is 1.67 bits per heavy atom. The molecule has 0 spiro atoms. The molecule has 0 radical (unpaired) electrons. The van der Waals surface area contributed by atoms with Gasteiger partial charge in [-0.3, -0.25) is 0 Å². The van der Waals surface area contributed by atoms with Crippen LogP contribution < -0.4 is 11.5 Å². The van der Waals surface area contributed by atoms with Gasteiger partial charge in [0.25, 0.3) is 0 Å². The summed E-state index contributed by atoms with van der Waals surface area (Å²) in [5.41, 5.74) is 11.1. The first-order valence-electron chi connectivity index (χ1n) is 5.09. The van der Waals surface area contributed by atoms with Crippen LogP contribution in [0.2, 0.25) is 0 Å². The van der Waals surface area contributed by atoms with Crippen molar-refractivity contribution in [2.75, 3.05) is 0 Å². The number of nitrogens with two attached hydrogens (primary N) is 2. The Hall–Kier alpha value is -0.0800. The van der Waals surface area contributed by atoms with Crippen LogP contribution in [0.5, 0.6) is 0 Å². The summed E-state index contributed by atoms with van der Waals surface area (Å²) in [7, 11) is 0. The van der Waals surface area contributed by atoms with Crippen molar-refractivity contribution >= 4 is 0 Å². The first-order chi connectivity index (χ1) is 5.57. The zero-order chi connectivity index (χ0) is 9.56. The van der Waals surface area contributed by atoms with E-state index < -0.39 is 0 Å². The second kappa shape index (κ2) is 6.44. The van der Waals surface area contributed by atoms with E-state index in [4.69, 9.17) is 11.5 Å². The Balaban J connectivity index is 3.53. The Morgan fingerprint density at radius 1 is 1.08 bits per heavy atom. The van der Waals surface area contributed by atoms with Crippen molar-refractivity contribution in [2.24, 2.45) is 23.3 Å². The maximum atomic E-state index is 5.54. The van der Waals surface area contributed by atoms with E-state index in [1.807, 2.05) is 0 Å². The summed E-state index contributed by atoms with van der Waals surface area (Å²) in [4.78, 5) is 0. The van der Waals surface area contributed by atoms with Crippen LogP contribution in [0.15, 0.2) is 0 Å². The van der Waals surface area contributed by atoms with Crippen molar-refractivity contribution in [3.63, 3.8) is 0 Å². The lowest BCUT2D eigenvalue weighted by Crippen LogP contribution is -2.33. The third-order valence-electron chi connectivity index (χ3n) is 2.63. The molecule has 0 aliphatic rings. The van der Waals surface area contributed by atoms with Gasteiger partial charge < -0.3 is 11.5 Å². The third-order valence-corrected chi connectivity index (χ3v) is 2.63. The molecule has 74 valence electrons. The standard InChI is InChI=1S/C10H24N2/c1-4-5-6-8(2)9(3)7-10(11)12/h8-10H,4-7,11-12H2,1-3H3. The summed E-state index contributed by atoms with van der Waals surface area (Å²) >= 11 is 0. The van der Waals surface area contributed by atoms with E-state index in [-0.39, 0.29) is 6.17 Å². The van der Waals surface area contributed by atoms with Gasteiger partial charge in [0, 0.05) is 0 Å². The highest BCUT2D eigenvalue weighted by Gasteiger charge is 2.12. The molecule has 0 fully saturated rings. The summed E-state index contributed by atoms with van der Waals surface area (Å²) in [6.45, 7) is 6.77. The fraction of sp³-hybridized carbons (Fsp3) is 1.00. The summed E-state index contributed by atoms with van der Waals surface area (Å²) in [5.74, 6) is 1.43. The number of hydrogen-bond acceptors (Lipinski definition) is 2. The van der Waals surface area contributed by atoms with E-state index in [1.165, 1.54) is 19.3 Å². The minimum atomic E-state index is -0.135. The molecule has 2 heteroatoms. The van der Waals surface area contributed by atoms with Gasteiger partial charge in [0.2, 0.25) is 0 Å². The maximum absolute atomic E-state index is 5.54. The lowest BCUT2D eigenvalue weighted by Gasteiger charge is -2.21. The fourth-order valence-corrected chi connectivity index (χ4v) is 1.47. The summed E-state index contributed by atoms with van der Waals surface area (Å²) in [6.07, 6.45) is 4.73. The molecule has 0 rings (SSSR count). The van der Waals surface area contributed by atoms with Gasteiger partial charge in [-0.15, -0.1) is 0 Å². The van der Waals surface area contributed by atoms with Gasteiger partial charge in [0.1, 0.15) is 0 Å². The molecule has 2 atom stereocenters. The normalized spacial score (nSPS) is 16.5. The van der Waals surface area contributed by atoms with Crippen molar-refractivity contribution < 1.29 is 0 Å². The molecule has 0 amide bonds. The molecule has 0 aliphatic carbocycles. The number of rotatable bonds is 6. The van der Waals surface area contributed by atoms with E-state index in [1.54, 1.807) is 0 Å². The summed E-state index contributed by atoms with van der Waals surface area (Å²) in [5, 5.41) is 0. The predicted octanol–water partition coefficient (Wildman–Crippen LogP) is 2.08. The van der Waals surface area contributed by atoms with Crippen LogP contribution in [0.3, 0.4) is 0 Å². The zero-order valence-electron chi connectivity index (χ0n) is 8.72. The van der Waals surface area contributed by atoms with Gasteiger partial charge in [-0.1, -0.05) is 40.0 Å². The Labute approximate surface area is 76.7 Å². The molecule has 4 N–H and O–H groups in total. The highest BCUT2D eigenvalue weighted by molar-refractivity contribution is 4.65. The van der Waals surface area contributed by atoms with Crippen molar-refractivity contribution in [1.82, 2.24) is 0 Å². The van der Waals surface area contributed by atoms with Crippen molar-refractivity contribution in [3.8, 4) is 0 Å². The predicted molar refractivity (Wildman–Crippen MR) is 54.6 cm³/mol. The molecule has 12 heavy (non-hydrogen) atoms. The lowest BCUT2D eigenvalue weighted by molar-refractivity contribution is 0.317. The average Bonchev–Trinajstić information content (AvgIpc) is 1.98. The molecular weight excluding hydrogens is 148 g/mol. The van der Waals surface area contributed by atoms with Gasteiger partial charge in [0.15, 0.2) is 0 Å². The second-order valence-corrected chi connectivity index (χ2v) is 4.00. The fourth-order valence-electron chi connectivity index (χ4n) is 1.47. The zero-order valence-corrected chi connectivity index (χ0v) is 8.72. The smallest absolute Gasteiger partial charge is 0.0523 e. The molecule has 0 heterocycles. The quantitative estimate of drug-likeness (QED) is 0.603. The minimum absolute atomic E-state index is 0.135. The molecule has 0 bridgehead atoms. The number of unbranched alkanes of at least 4 members (excludes halogenated alkanes) is 1. The molecule has 2 nitrogen and oxygen atoms in total. The SMILES string of the molecule is CCCCC(C)C(C)CC(N)N. The Morgan fingerprint density at radius 3 is 2.08 bits per heavy atom. The molecule has 0 aromatic heterocycles. The highest BCUT2D eigenvalue weighted by Crippen LogP contribution is 2.20. The largest absolute Gasteiger partial charge is 0.316 e. The monoisotopic (exact) mass is 172 g/mol. The average molecular weight is 172 g/mol. The molecule has 0 aromatic carbocycles. The third kappa shape index (κ3) is 5.56. The van der Waals surface area contributed by atoms with E-state index >= 15 is 0 Å². The van der Waals surface area contributed by atoms with Gasteiger partial charge in [0.05, 0.1) is 6.17 Å². The molecule has 2 unspecified atom stereocenters. The number of hydrogen-bond donors (Lipinski definition) is 2. The lowest BCUT2D eigenvalue weighted by atomic mass is 9.88. The van der Waals surface area contributed by atoms with Crippen LogP contribution in [0, 0.1) is 11.8 Å². The van der Waals surface area contributed by atoms with Crippen LogP contribution in [-0.2, 0) is 0 Å². The van der Waals surface area contributed by atoms with Crippen LogP contribution in [0.4, 0.5) is 0 Å². The van der Waals surface area contributed by atoms with Crippen molar-refractivity contribution in [2.45, 2.75) is 52.6 Å². The summed E-state index contributed by atoms with van der Waals surface area (Å²) in [6, 6.07) is 0. The second-order valence-electron chi connectivity index (χ2n) is 4.00. The van der Waals surface area contributed by atoms with Gasteiger partial charge >= 0.3 is 0 Å². The Bertz CT molecular complexity index is 102. The first-order valence-corrected chi connectivity index (χ1v) is 5.09. The molecule has 0 aromatic rings. The van der Waals surface area contributed by atoms with E-state index in [0.717, 1.165) is 12.3 Å². The van der Waals surface area contributed by atoms with E-state index in [9.17, 15) is 0 Å². The highest BCUT2D eigenvalue weighted by atomic mass is 14.8. The van der Waals surface area contributed by atoms with Crippen molar-refractivity contribution in [3.05, 3.63) is 0 Å². The van der Waals surface area contributed by atoms with Crippen LogP contribution in [0.1, 0.15) is 46.5 Å². The van der Waals surface area contributed by atoms with E-state index in [0.29, 0.717) is 5.92 Å². The Kier molecular flexibility index (Phi) is 6.39. The van der Waals surface area contributed by atoms with Crippen LogP contribution in [0.25, 0.3) is 0 Å². The van der Waals surface area contributed by atoms with Crippen LogP contribution >= 0.6 is 0 Å². The van der Waals surface area contributed by atoms with Gasteiger partial charge in [-0.05, 0) is 18.3 Å².